The average Bonchev–Trinajstić information content (AvgIpc) is 2.37. The van der Waals surface area contributed by atoms with Gasteiger partial charge in [-0.1, -0.05) is 49.8 Å². The Morgan fingerprint density at radius 1 is 1.53 bits per heavy atom. The number of primary amides is 1. The third-order valence-corrected chi connectivity index (χ3v) is 3.22. The van der Waals surface area contributed by atoms with Crippen molar-refractivity contribution in [3.8, 4) is 11.8 Å². The van der Waals surface area contributed by atoms with Gasteiger partial charge in [0, 0.05) is 10.6 Å². The van der Waals surface area contributed by atoms with Crippen molar-refractivity contribution in [1.29, 1.82) is 0 Å². The van der Waals surface area contributed by atoms with E-state index in [0.29, 0.717) is 11.6 Å². The third kappa shape index (κ3) is 5.34. The van der Waals surface area contributed by atoms with Crippen molar-refractivity contribution in [3.63, 3.8) is 0 Å². The second-order valence-electron chi connectivity index (χ2n) is 4.46. The molecule has 1 aromatic carbocycles. The molecule has 0 saturated carbocycles. The van der Waals surface area contributed by atoms with Crippen LogP contribution in [0.25, 0.3) is 0 Å². The first-order valence-corrected chi connectivity index (χ1v) is 6.69. The van der Waals surface area contributed by atoms with Crippen molar-refractivity contribution >= 4 is 17.5 Å². The maximum absolute atomic E-state index is 11.3. The van der Waals surface area contributed by atoms with Crippen molar-refractivity contribution in [1.82, 2.24) is 5.32 Å². The maximum Gasteiger partial charge on any atom is 0.234 e. The second kappa shape index (κ2) is 7.83. The number of halogens is 1. The summed E-state index contributed by atoms with van der Waals surface area (Å²) in [6, 6.07) is 7.01. The van der Waals surface area contributed by atoms with Crippen molar-refractivity contribution in [2.45, 2.75) is 26.3 Å². The molecule has 0 fully saturated rings. The zero-order valence-electron chi connectivity index (χ0n) is 11.2. The lowest BCUT2D eigenvalue weighted by molar-refractivity contribution is -0.121. The molecular weight excluding hydrogens is 260 g/mol. The van der Waals surface area contributed by atoms with Gasteiger partial charge in [0.15, 0.2) is 0 Å². The molecule has 1 rings (SSSR count). The molecule has 0 aliphatic rings. The molecular formula is C15H19ClN2O. The lowest BCUT2D eigenvalue weighted by atomic mass is 9.99. The Bertz CT molecular complexity index is 490. The van der Waals surface area contributed by atoms with Crippen LogP contribution in [0.15, 0.2) is 24.3 Å². The second-order valence-corrected chi connectivity index (χ2v) is 4.90. The fourth-order valence-corrected chi connectivity index (χ4v) is 1.88. The van der Waals surface area contributed by atoms with Gasteiger partial charge in [0.2, 0.25) is 5.91 Å². The Balaban J connectivity index is 2.56. The summed E-state index contributed by atoms with van der Waals surface area (Å²) in [7, 11) is 0. The van der Waals surface area contributed by atoms with Crippen molar-refractivity contribution in [3.05, 3.63) is 34.9 Å². The number of hydrogen-bond donors (Lipinski definition) is 2. The van der Waals surface area contributed by atoms with E-state index in [-0.39, 0.29) is 17.9 Å². The summed E-state index contributed by atoms with van der Waals surface area (Å²) in [5.41, 5.74) is 6.21. The van der Waals surface area contributed by atoms with Crippen molar-refractivity contribution < 1.29 is 4.79 Å². The molecule has 4 heteroatoms. The normalized spacial score (nSPS) is 13.2. The average molecular weight is 279 g/mol. The molecule has 0 heterocycles. The van der Waals surface area contributed by atoms with Crippen LogP contribution in [0.5, 0.6) is 0 Å². The molecule has 0 spiro atoms. The molecule has 0 aromatic heterocycles. The molecule has 0 radical (unpaired) electrons. The van der Waals surface area contributed by atoms with Gasteiger partial charge in [0.1, 0.15) is 0 Å². The van der Waals surface area contributed by atoms with Gasteiger partial charge in [0.05, 0.1) is 12.6 Å². The fraction of sp³-hybridized carbons (Fsp3) is 0.400. The van der Waals surface area contributed by atoms with Crippen LogP contribution >= 0.6 is 11.6 Å². The lowest BCUT2D eigenvalue weighted by Crippen LogP contribution is -2.45. The SMILES string of the molecule is CCC(C)C(NCC#Cc1cccc(Cl)c1)C(N)=O. The number of amides is 1. The largest absolute Gasteiger partial charge is 0.368 e. The number of carbonyl (C=O) groups excluding carboxylic acids is 1. The van der Waals surface area contributed by atoms with Gasteiger partial charge in [-0.15, -0.1) is 0 Å². The van der Waals surface area contributed by atoms with E-state index >= 15 is 0 Å². The Kier molecular flexibility index (Phi) is 6.41. The highest BCUT2D eigenvalue weighted by Crippen LogP contribution is 2.09. The van der Waals surface area contributed by atoms with E-state index in [2.05, 4.69) is 17.2 Å². The van der Waals surface area contributed by atoms with Crippen LogP contribution in [0.3, 0.4) is 0 Å². The minimum atomic E-state index is -0.335. The quantitative estimate of drug-likeness (QED) is 0.811. The zero-order valence-corrected chi connectivity index (χ0v) is 12.0. The number of rotatable bonds is 5. The zero-order chi connectivity index (χ0) is 14.3. The molecule has 0 aliphatic heterocycles. The van der Waals surface area contributed by atoms with Crippen LogP contribution < -0.4 is 11.1 Å². The molecule has 0 saturated heterocycles. The summed E-state index contributed by atoms with van der Waals surface area (Å²) in [4.78, 5) is 11.3. The highest BCUT2D eigenvalue weighted by atomic mass is 35.5. The Labute approximate surface area is 119 Å². The van der Waals surface area contributed by atoms with Crippen molar-refractivity contribution in [2.24, 2.45) is 11.7 Å². The van der Waals surface area contributed by atoms with Gasteiger partial charge in [-0.3, -0.25) is 10.1 Å². The predicted octanol–water partition coefficient (Wildman–Crippen LogP) is 2.18. The number of nitrogens with one attached hydrogen (secondary N) is 1. The molecule has 1 aromatic rings. The van der Waals surface area contributed by atoms with E-state index < -0.39 is 0 Å². The standard InChI is InChI=1S/C15H19ClN2O/c1-3-11(2)14(15(17)19)18-9-5-7-12-6-4-8-13(16)10-12/h4,6,8,10-11,14,18H,3,9H2,1-2H3,(H2,17,19). The first-order valence-electron chi connectivity index (χ1n) is 6.31. The number of hydrogen-bond acceptors (Lipinski definition) is 2. The molecule has 0 aliphatic carbocycles. The topological polar surface area (TPSA) is 55.1 Å². The Morgan fingerprint density at radius 2 is 2.26 bits per heavy atom. The highest BCUT2D eigenvalue weighted by Gasteiger charge is 2.19. The van der Waals surface area contributed by atoms with Gasteiger partial charge >= 0.3 is 0 Å². The van der Waals surface area contributed by atoms with Crippen LogP contribution in [-0.4, -0.2) is 18.5 Å². The summed E-state index contributed by atoms with van der Waals surface area (Å²) in [6.07, 6.45) is 0.891. The van der Waals surface area contributed by atoms with Gasteiger partial charge in [-0.05, 0) is 24.1 Å². The summed E-state index contributed by atoms with van der Waals surface area (Å²) < 4.78 is 0. The van der Waals surface area contributed by atoms with Crippen LogP contribution in [-0.2, 0) is 4.79 Å². The van der Waals surface area contributed by atoms with E-state index in [4.69, 9.17) is 17.3 Å². The van der Waals surface area contributed by atoms with Crippen LogP contribution in [0.4, 0.5) is 0 Å². The predicted molar refractivity (Wildman–Crippen MR) is 78.8 cm³/mol. The molecule has 1 amide bonds. The monoisotopic (exact) mass is 278 g/mol. The number of benzene rings is 1. The molecule has 3 nitrogen and oxygen atoms in total. The molecule has 3 N–H and O–H groups in total. The summed E-state index contributed by atoms with van der Waals surface area (Å²) in [6.45, 7) is 4.44. The van der Waals surface area contributed by atoms with Crippen LogP contribution in [0.2, 0.25) is 5.02 Å². The first kappa shape index (κ1) is 15.6. The first-order chi connectivity index (χ1) is 9.04. The number of nitrogens with two attached hydrogens (primary N) is 1. The minimum absolute atomic E-state index is 0.200. The third-order valence-electron chi connectivity index (χ3n) is 2.99. The maximum atomic E-state index is 11.3. The molecule has 19 heavy (non-hydrogen) atoms. The highest BCUT2D eigenvalue weighted by molar-refractivity contribution is 6.30. The Morgan fingerprint density at radius 3 is 2.84 bits per heavy atom. The number of carbonyl (C=O) groups is 1. The van der Waals surface area contributed by atoms with Gasteiger partial charge in [-0.25, -0.2) is 0 Å². The van der Waals surface area contributed by atoms with E-state index in [0.717, 1.165) is 12.0 Å². The molecule has 2 atom stereocenters. The summed E-state index contributed by atoms with van der Waals surface area (Å²) in [5, 5.41) is 3.74. The minimum Gasteiger partial charge on any atom is -0.368 e. The molecule has 0 bridgehead atoms. The smallest absolute Gasteiger partial charge is 0.234 e. The van der Waals surface area contributed by atoms with E-state index in [1.165, 1.54) is 0 Å². The van der Waals surface area contributed by atoms with E-state index in [1.807, 2.05) is 26.0 Å². The van der Waals surface area contributed by atoms with Crippen LogP contribution in [0, 0.1) is 17.8 Å². The van der Waals surface area contributed by atoms with E-state index in [9.17, 15) is 4.79 Å². The van der Waals surface area contributed by atoms with Gasteiger partial charge in [0.25, 0.3) is 0 Å². The Hall–Kier alpha value is -1.50. The summed E-state index contributed by atoms with van der Waals surface area (Å²) in [5.74, 6) is 5.82. The van der Waals surface area contributed by atoms with Crippen molar-refractivity contribution in [2.75, 3.05) is 6.54 Å². The lowest BCUT2D eigenvalue weighted by Gasteiger charge is -2.19. The molecule has 102 valence electrons. The summed E-state index contributed by atoms with van der Waals surface area (Å²) >= 11 is 5.87. The van der Waals surface area contributed by atoms with Crippen LogP contribution in [0.1, 0.15) is 25.8 Å². The van der Waals surface area contributed by atoms with Gasteiger partial charge in [-0.2, -0.15) is 0 Å². The fourth-order valence-electron chi connectivity index (χ4n) is 1.69. The molecule has 2 unspecified atom stereocenters. The van der Waals surface area contributed by atoms with Gasteiger partial charge < -0.3 is 5.73 Å². The van der Waals surface area contributed by atoms with E-state index in [1.54, 1.807) is 12.1 Å².